The minimum absolute atomic E-state index is 0.0290. The highest BCUT2D eigenvalue weighted by atomic mass is 16.5. The van der Waals surface area contributed by atoms with Crippen LogP contribution < -0.4 is 0 Å². The summed E-state index contributed by atoms with van der Waals surface area (Å²) in [6, 6.07) is 9.83. The summed E-state index contributed by atoms with van der Waals surface area (Å²) in [5, 5.41) is 0. The van der Waals surface area contributed by atoms with E-state index in [1.54, 1.807) is 0 Å². The van der Waals surface area contributed by atoms with E-state index in [0.717, 1.165) is 12.8 Å². The van der Waals surface area contributed by atoms with Crippen molar-refractivity contribution >= 4 is 5.97 Å². The SMILES string of the molecule is COC(=O)[C@H]1[C@@H](c2ccc(C(C)C)cc2)C[C@@H]2CC[C@H]1N2C. The van der Waals surface area contributed by atoms with Gasteiger partial charge in [0.1, 0.15) is 0 Å². The van der Waals surface area contributed by atoms with Gasteiger partial charge in [0, 0.05) is 18.0 Å². The monoisotopic (exact) mass is 301 g/mol. The van der Waals surface area contributed by atoms with E-state index in [1.165, 1.54) is 24.7 Å². The molecule has 2 saturated heterocycles. The Bertz CT molecular complexity index is 537. The van der Waals surface area contributed by atoms with Crippen LogP contribution in [0.1, 0.15) is 56.1 Å². The number of rotatable bonds is 3. The number of piperidine rings is 1. The second-order valence-electron chi connectivity index (χ2n) is 7.18. The van der Waals surface area contributed by atoms with Crippen molar-refractivity contribution in [3.05, 3.63) is 35.4 Å². The Labute approximate surface area is 133 Å². The van der Waals surface area contributed by atoms with Crippen molar-refractivity contribution in [2.45, 2.75) is 57.0 Å². The summed E-state index contributed by atoms with van der Waals surface area (Å²) in [4.78, 5) is 14.8. The number of benzene rings is 1. The number of ether oxygens (including phenoxy) is 1. The predicted octanol–water partition coefficient (Wildman–Crippen LogP) is 3.55. The topological polar surface area (TPSA) is 29.5 Å². The molecule has 120 valence electrons. The van der Waals surface area contributed by atoms with E-state index in [-0.39, 0.29) is 11.9 Å². The number of esters is 1. The van der Waals surface area contributed by atoms with Crippen molar-refractivity contribution in [3.8, 4) is 0 Å². The van der Waals surface area contributed by atoms with Gasteiger partial charge in [0.2, 0.25) is 0 Å². The molecule has 2 heterocycles. The maximum atomic E-state index is 12.4. The minimum Gasteiger partial charge on any atom is -0.469 e. The molecule has 3 heteroatoms. The van der Waals surface area contributed by atoms with E-state index in [0.29, 0.717) is 23.9 Å². The van der Waals surface area contributed by atoms with Crippen molar-refractivity contribution in [1.82, 2.24) is 4.90 Å². The fourth-order valence-corrected chi connectivity index (χ4v) is 4.40. The first-order valence-electron chi connectivity index (χ1n) is 8.42. The Balaban J connectivity index is 1.91. The van der Waals surface area contributed by atoms with E-state index < -0.39 is 0 Å². The van der Waals surface area contributed by atoms with Gasteiger partial charge in [-0.3, -0.25) is 9.69 Å². The molecule has 0 saturated carbocycles. The number of carbonyl (C=O) groups is 1. The van der Waals surface area contributed by atoms with Crippen molar-refractivity contribution < 1.29 is 9.53 Å². The van der Waals surface area contributed by atoms with Crippen LogP contribution in [0, 0.1) is 5.92 Å². The summed E-state index contributed by atoms with van der Waals surface area (Å²) >= 11 is 0. The van der Waals surface area contributed by atoms with Gasteiger partial charge in [0.25, 0.3) is 0 Å². The molecule has 1 aromatic rings. The number of carbonyl (C=O) groups excluding carboxylic acids is 1. The van der Waals surface area contributed by atoms with Gasteiger partial charge < -0.3 is 4.74 Å². The van der Waals surface area contributed by atoms with Gasteiger partial charge in [-0.1, -0.05) is 38.1 Å². The van der Waals surface area contributed by atoms with Crippen LogP contribution in [0.4, 0.5) is 0 Å². The zero-order chi connectivity index (χ0) is 15.9. The van der Waals surface area contributed by atoms with Crippen LogP contribution >= 0.6 is 0 Å². The molecule has 2 aliphatic rings. The van der Waals surface area contributed by atoms with E-state index in [9.17, 15) is 4.79 Å². The number of methoxy groups -OCH3 is 1. The van der Waals surface area contributed by atoms with Crippen LogP contribution in [0.2, 0.25) is 0 Å². The van der Waals surface area contributed by atoms with Crippen LogP contribution in [0.5, 0.6) is 0 Å². The molecule has 0 unspecified atom stereocenters. The average Bonchev–Trinajstić information content (AvgIpc) is 2.76. The van der Waals surface area contributed by atoms with E-state index in [4.69, 9.17) is 4.74 Å². The molecular weight excluding hydrogens is 274 g/mol. The largest absolute Gasteiger partial charge is 0.469 e. The zero-order valence-electron chi connectivity index (χ0n) is 14.1. The maximum absolute atomic E-state index is 12.4. The Morgan fingerprint density at radius 2 is 1.91 bits per heavy atom. The number of hydrogen-bond acceptors (Lipinski definition) is 3. The second kappa shape index (κ2) is 6.04. The lowest BCUT2D eigenvalue weighted by Gasteiger charge is -2.41. The summed E-state index contributed by atoms with van der Waals surface area (Å²) in [6.45, 7) is 4.42. The Morgan fingerprint density at radius 1 is 1.23 bits per heavy atom. The van der Waals surface area contributed by atoms with Gasteiger partial charge in [0.05, 0.1) is 13.0 Å². The molecule has 0 amide bonds. The van der Waals surface area contributed by atoms with Crippen LogP contribution in [0.3, 0.4) is 0 Å². The van der Waals surface area contributed by atoms with Gasteiger partial charge in [-0.2, -0.15) is 0 Å². The molecule has 2 aliphatic heterocycles. The van der Waals surface area contributed by atoms with Crippen molar-refractivity contribution in [3.63, 3.8) is 0 Å². The fraction of sp³-hybridized carbons (Fsp3) is 0.632. The summed E-state index contributed by atoms with van der Waals surface area (Å²) in [5.41, 5.74) is 2.65. The highest BCUT2D eigenvalue weighted by Gasteiger charge is 2.49. The summed E-state index contributed by atoms with van der Waals surface area (Å²) in [5.74, 6) is 0.760. The summed E-state index contributed by atoms with van der Waals surface area (Å²) in [7, 11) is 3.68. The van der Waals surface area contributed by atoms with Crippen molar-refractivity contribution in [2.75, 3.05) is 14.2 Å². The summed E-state index contributed by atoms with van der Waals surface area (Å²) < 4.78 is 5.14. The van der Waals surface area contributed by atoms with Gasteiger partial charge >= 0.3 is 5.97 Å². The lowest BCUT2D eigenvalue weighted by atomic mass is 9.76. The second-order valence-corrected chi connectivity index (χ2v) is 7.18. The highest BCUT2D eigenvalue weighted by Crippen LogP contribution is 2.46. The van der Waals surface area contributed by atoms with Gasteiger partial charge in [-0.15, -0.1) is 0 Å². The quantitative estimate of drug-likeness (QED) is 0.800. The lowest BCUT2D eigenvalue weighted by Crippen LogP contribution is -2.49. The molecule has 0 aromatic heterocycles. The maximum Gasteiger partial charge on any atom is 0.310 e. The van der Waals surface area contributed by atoms with Crippen LogP contribution in [0.15, 0.2) is 24.3 Å². The predicted molar refractivity (Wildman–Crippen MR) is 88.0 cm³/mol. The van der Waals surface area contributed by atoms with Crippen molar-refractivity contribution in [2.24, 2.45) is 5.92 Å². The van der Waals surface area contributed by atoms with E-state index in [1.807, 2.05) is 0 Å². The standard InChI is InChI=1S/C19H27NO2/c1-12(2)13-5-7-14(8-6-13)16-11-15-9-10-17(20(15)3)18(16)19(21)22-4/h5-8,12,15-18H,9-11H2,1-4H3/t15-,16+,17+,18-/m0/s1. The molecule has 2 fully saturated rings. The molecule has 2 bridgehead atoms. The molecule has 4 atom stereocenters. The molecular formula is C19H27NO2. The molecule has 0 spiro atoms. The van der Waals surface area contributed by atoms with Crippen LogP contribution in [-0.2, 0) is 9.53 Å². The first-order chi connectivity index (χ1) is 10.5. The molecule has 0 aliphatic carbocycles. The Hall–Kier alpha value is -1.35. The molecule has 0 N–H and O–H groups in total. The third kappa shape index (κ3) is 2.56. The lowest BCUT2D eigenvalue weighted by molar-refractivity contribution is -0.150. The van der Waals surface area contributed by atoms with Crippen LogP contribution in [0.25, 0.3) is 0 Å². The average molecular weight is 301 g/mol. The van der Waals surface area contributed by atoms with E-state index in [2.05, 4.69) is 50.1 Å². The number of nitrogens with zero attached hydrogens (tertiary/aromatic N) is 1. The number of hydrogen-bond donors (Lipinski definition) is 0. The third-order valence-corrected chi connectivity index (χ3v) is 5.77. The Morgan fingerprint density at radius 3 is 2.50 bits per heavy atom. The Kier molecular flexibility index (Phi) is 4.26. The van der Waals surface area contributed by atoms with Gasteiger partial charge in [-0.05, 0) is 43.4 Å². The van der Waals surface area contributed by atoms with Crippen molar-refractivity contribution in [1.29, 1.82) is 0 Å². The highest BCUT2D eigenvalue weighted by molar-refractivity contribution is 5.75. The van der Waals surface area contributed by atoms with Gasteiger partial charge in [-0.25, -0.2) is 0 Å². The normalized spacial score (nSPS) is 31.5. The molecule has 0 radical (unpaired) electrons. The number of fused-ring (bicyclic) bond motifs is 2. The van der Waals surface area contributed by atoms with E-state index >= 15 is 0 Å². The first-order valence-corrected chi connectivity index (χ1v) is 8.42. The zero-order valence-corrected chi connectivity index (χ0v) is 14.1. The molecule has 3 rings (SSSR count). The smallest absolute Gasteiger partial charge is 0.310 e. The molecule has 3 nitrogen and oxygen atoms in total. The van der Waals surface area contributed by atoms with Gasteiger partial charge in [0.15, 0.2) is 0 Å². The minimum atomic E-state index is -0.0462. The van der Waals surface area contributed by atoms with Crippen LogP contribution in [-0.4, -0.2) is 37.1 Å². The fourth-order valence-electron chi connectivity index (χ4n) is 4.40. The molecule has 22 heavy (non-hydrogen) atoms. The summed E-state index contributed by atoms with van der Waals surface area (Å²) in [6.07, 6.45) is 3.38. The molecule has 1 aromatic carbocycles. The first kappa shape index (κ1) is 15.5. The third-order valence-electron chi connectivity index (χ3n) is 5.77.